The maximum atomic E-state index is 13.3. The number of rotatable bonds is 3. The third-order valence-corrected chi connectivity index (χ3v) is 2.84. The van der Waals surface area contributed by atoms with Crippen LogP contribution in [-0.2, 0) is 12.6 Å². The molecule has 1 aromatic carbocycles. The first-order chi connectivity index (χ1) is 9.81. The highest BCUT2D eigenvalue weighted by Crippen LogP contribution is 2.36. The Morgan fingerprint density at radius 3 is 2.48 bits per heavy atom. The first-order valence-corrected chi connectivity index (χ1v) is 6.23. The molecule has 0 spiro atoms. The van der Waals surface area contributed by atoms with Crippen molar-refractivity contribution in [2.45, 2.75) is 19.5 Å². The molecule has 21 heavy (non-hydrogen) atoms. The van der Waals surface area contributed by atoms with Crippen LogP contribution < -0.4 is 5.73 Å². The van der Waals surface area contributed by atoms with Crippen molar-refractivity contribution in [3.05, 3.63) is 47.0 Å². The van der Waals surface area contributed by atoms with Gasteiger partial charge in [-0.3, -0.25) is 0 Å². The first kappa shape index (κ1) is 15.4. The molecule has 1 aromatic heterocycles. The van der Waals surface area contributed by atoms with Gasteiger partial charge in [-0.15, -0.1) is 0 Å². The van der Waals surface area contributed by atoms with E-state index in [4.69, 9.17) is 5.73 Å². The Morgan fingerprint density at radius 1 is 1.14 bits per heavy atom. The minimum atomic E-state index is -4.61. The third-order valence-electron chi connectivity index (χ3n) is 2.84. The zero-order valence-electron chi connectivity index (χ0n) is 11.2. The lowest BCUT2D eigenvalue weighted by atomic mass is 10.1. The van der Waals surface area contributed by atoms with E-state index in [9.17, 15) is 17.6 Å². The van der Waals surface area contributed by atoms with Crippen LogP contribution >= 0.6 is 0 Å². The Balaban J connectivity index is 2.63. The van der Waals surface area contributed by atoms with Crippen LogP contribution in [0, 0.1) is 12.7 Å². The molecular weight excluding hydrogens is 286 g/mol. The first-order valence-electron chi connectivity index (χ1n) is 6.23. The molecule has 2 N–H and O–H groups in total. The zero-order valence-corrected chi connectivity index (χ0v) is 11.2. The van der Waals surface area contributed by atoms with Crippen molar-refractivity contribution in [3.8, 4) is 11.4 Å². The molecule has 0 bridgehead atoms. The summed E-state index contributed by atoms with van der Waals surface area (Å²) in [6.07, 6.45) is -4.20. The summed E-state index contributed by atoms with van der Waals surface area (Å²) in [6.45, 7) is 1.95. The summed E-state index contributed by atoms with van der Waals surface area (Å²) >= 11 is 0. The number of nitrogens with two attached hydrogens (primary N) is 1. The molecule has 3 nitrogen and oxygen atoms in total. The van der Waals surface area contributed by atoms with E-state index in [2.05, 4.69) is 9.97 Å². The summed E-state index contributed by atoms with van der Waals surface area (Å²) in [5.74, 6) is -0.922. The summed E-state index contributed by atoms with van der Waals surface area (Å²) in [5, 5.41) is 0. The van der Waals surface area contributed by atoms with Crippen molar-refractivity contribution in [2.24, 2.45) is 5.73 Å². The molecule has 2 rings (SSSR count). The maximum Gasteiger partial charge on any atom is 0.417 e. The van der Waals surface area contributed by atoms with Gasteiger partial charge in [-0.25, -0.2) is 14.4 Å². The lowest BCUT2D eigenvalue weighted by molar-refractivity contribution is -0.137. The highest BCUT2D eigenvalue weighted by Gasteiger charge is 2.34. The Bertz CT molecular complexity index is 653. The topological polar surface area (TPSA) is 51.8 Å². The molecule has 7 heteroatoms. The van der Waals surface area contributed by atoms with Crippen molar-refractivity contribution < 1.29 is 17.6 Å². The number of hydrogen-bond donors (Lipinski definition) is 1. The standard InChI is InChI=1S/C14H13F4N3/c1-8-6-10(4-5-19)21-13(20-8)11-7-9(15)2-3-12(11)14(16,17)18/h2-3,6-7H,4-5,19H2,1H3. The van der Waals surface area contributed by atoms with E-state index >= 15 is 0 Å². The van der Waals surface area contributed by atoms with E-state index in [0.29, 0.717) is 30.4 Å². The smallest absolute Gasteiger partial charge is 0.330 e. The van der Waals surface area contributed by atoms with E-state index in [1.165, 1.54) is 0 Å². The van der Waals surface area contributed by atoms with Gasteiger partial charge in [-0.1, -0.05) is 0 Å². The van der Waals surface area contributed by atoms with Crippen LogP contribution in [0.25, 0.3) is 11.4 Å². The normalized spacial score (nSPS) is 11.7. The lowest BCUT2D eigenvalue weighted by Crippen LogP contribution is -2.10. The molecule has 0 saturated carbocycles. The van der Waals surface area contributed by atoms with E-state index in [-0.39, 0.29) is 11.4 Å². The number of aryl methyl sites for hydroxylation is 1. The summed E-state index contributed by atoms with van der Waals surface area (Å²) in [5.41, 5.74) is 5.11. The van der Waals surface area contributed by atoms with Gasteiger partial charge in [0.15, 0.2) is 5.82 Å². The van der Waals surface area contributed by atoms with E-state index < -0.39 is 17.6 Å². The van der Waals surface area contributed by atoms with Crippen LogP contribution in [0.5, 0.6) is 0 Å². The number of benzene rings is 1. The van der Waals surface area contributed by atoms with E-state index in [0.717, 1.165) is 12.1 Å². The summed E-state index contributed by atoms with van der Waals surface area (Å²) in [7, 11) is 0. The molecule has 0 aliphatic rings. The fourth-order valence-corrected chi connectivity index (χ4v) is 1.98. The molecule has 0 radical (unpaired) electrons. The van der Waals surface area contributed by atoms with Crippen molar-refractivity contribution in [2.75, 3.05) is 6.54 Å². The Labute approximate surface area is 118 Å². The Kier molecular flexibility index (Phi) is 4.22. The second-order valence-corrected chi connectivity index (χ2v) is 4.55. The van der Waals surface area contributed by atoms with Crippen LogP contribution in [-0.4, -0.2) is 16.5 Å². The predicted octanol–water partition coefficient (Wildman–Crippen LogP) is 3.11. The SMILES string of the molecule is Cc1cc(CCN)nc(-c2cc(F)ccc2C(F)(F)F)n1. The molecule has 0 aliphatic heterocycles. The van der Waals surface area contributed by atoms with Crippen molar-refractivity contribution in [1.82, 2.24) is 9.97 Å². The molecule has 0 amide bonds. The van der Waals surface area contributed by atoms with Crippen molar-refractivity contribution >= 4 is 0 Å². The highest BCUT2D eigenvalue weighted by atomic mass is 19.4. The lowest BCUT2D eigenvalue weighted by Gasteiger charge is -2.13. The van der Waals surface area contributed by atoms with Crippen LogP contribution in [0.15, 0.2) is 24.3 Å². The van der Waals surface area contributed by atoms with Gasteiger partial charge in [0.25, 0.3) is 0 Å². The van der Waals surface area contributed by atoms with Gasteiger partial charge in [0, 0.05) is 23.4 Å². The monoisotopic (exact) mass is 299 g/mol. The number of alkyl halides is 3. The van der Waals surface area contributed by atoms with E-state index in [1.807, 2.05) is 0 Å². The average Bonchev–Trinajstić information content (AvgIpc) is 2.36. The molecule has 0 saturated heterocycles. The zero-order chi connectivity index (χ0) is 15.6. The largest absolute Gasteiger partial charge is 0.417 e. The highest BCUT2D eigenvalue weighted by molar-refractivity contribution is 5.61. The number of halogens is 4. The molecule has 0 unspecified atom stereocenters. The quantitative estimate of drug-likeness (QED) is 0.886. The van der Waals surface area contributed by atoms with Crippen molar-refractivity contribution in [3.63, 3.8) is 0 Å². The Hall–Kier alpha value is -2.02. The second-order valence-electron chi connectivity index (χ2n) is 4.55. The Morgan fingerprint density at radius 2 is 1.86 bits per heavy atom. The fourth-order valence-electron chi connectivity index (χ4n) is 1.98. The number of hydrogen-bond acceptors (Lipinski definition) is 3. The summed E-state index contributed by atoms with van der Waals surface area (Å²) < 4.78 is 52.4. The van der Waals surface area contributed by atoms with Gasteiger partial charge in [-0.2, -0.15) is 13.2 Å². The third kappa shape index (κ3) is 3.55. The van der Waals surface area contributed by atoms with Crippen LogP contribution in [0.3, 0.4) is 0 Å². The van der Waals surface area contributed by atoms with Crippen LogP contribution in [0.2, 0.25) is 0 Å². The fraction of sp³-hybridized carbons (Fsp3) is 0.286. The van der Waals surface area contributed by atoms with Gasteiger partial charge >= 0.3 is 6.18 Å². The molecule has 2 aromatic rings. The minimum Gasteiger partial charge on any atom is -0.330 e. The van der Waals surface area contributed by atoms with E-state index in [1.54, 1.807) is 13.0 Å². The van der Waals surface area contributed by atoms with Gasteiger partial charge in [-0.05, 0) is 37.7 Å². The average molecular weight is 299 g/mol. The summed E-state index contributed by atoms with van der Waals surface area (Å²) in [4.78, 5) is 8.03. The second kappa shape index (κ2) is 5.77. The number of aromatic nitrogens is 2. The molecular formula is C14H13F4N3. The molecule has 0 aliphatic carbocycles. The van der Waals surface area contributed by atoms with Gasteiger partial charge in [0.2, 0.25) is 0 Å². The molecule has 1 heterocycles. The van der Waals surface area contributed by atoms with Gasteiger partial charge < -0.3 is 5.73 Å². The maximum absolute atomic E-state index is 13.3. The van der Waals surface area contributed by atoms with Gasteiger partial charge in [0.1, 0.15) is 5.82 Å². The molecule has 0 atom stereocenters. The van der Waals surface area contributed by atoms with Crippen LogP contribution in [0.1, 0.15) is 17.0 Å². The molecule has 0 fully saturated rings. The van der Waals surface area contributed by atoms with Crippen molar-refractivity contribution in [1.29, 1.82) is 0 Å². The summed E-state index contributed by atoms with van der Waals surface area (Å²) in [6, 6.07) is 3.90. The van der Waals surface area contributed by atoms with Crippen LogP contribution in [0.4, 0.5) is 17.6 Å². The minimum absolute atomic E-state index is 0.148. The number of nitrogens with zero attached hydrogens (tertiary/aromatic N) is 2. The predicted molar refractivity (Wildman–Crippen MR) is 69.9 cm³/mol. The molecule has 112 valence electrons. The van der Waals surface area contributed by atoms with Gasteiger partial charge in [0.05, 0.1) is 5.56 Å².